The van der Waals surface area contributed by atoms with Gasteiger partial charge in [-0.1, -0.05) is 23.7 Å². The lowest BCUT2D eigenvalue weighted by Crippen LogP contribution is -2.30. The van der Waals surface area contributed by atoms with Gasteiger partial charge in [-0.3, -0.25) is 4.98 Å². The summed E-state index contributed by atoms with van der Waals surface area (Å²) in [6.45, 7) is 0.964. The molecule has 1 aliphatic heterocycles. The number of aromatic nitrogens is 2. The van der Waals surface area contributed by atoms with Gasteiger partial charge < -0.3 is 10.3 Å². The minimum absolute atomic E-state index is 0.178. The van der Waals surface area contributed by atoms with Crippen LogP contribution in [-0.2, 0) is 6.42 Å². The van der Waals surface area contributed by atoms with Gasteiger partial charge in [0.2, 0.25) is 0 Å². The van der Waals surface area contributed by atoms with Crippen molar-refractivity contribution in [2.75, 3.05) is 6.54 Å². The molecule has 1 atom stereocenters. The van der Waals surface area contributed by atoms with E-state index in [1.54, 1.807) is 0 Å². The molecule has 118 valence electrons. The van der Waals surface area contributed by atoms with Gasteiger partial charge in [0, 0.05) is 45.9 Å². The number of aromatic amines is 1. The summed E-state index contributed by atoms with van der Waals surface area (Å²) in [5, 5.41) is 8.07. The second-order valence-corrected chi connectivity index (χ2v) is 6.76. The third-order valence-electron chi connectivity index (χ3n) is 4.91. The van der Waals surface area contributed by atoms with Gasteiger partial charge >= 0.3 is 0 Å². The lowest BCUT2D eigenvalue weighted by molar-refractivity contribution is 0.561. The summed E-state index contributed by atoms with van der Waals surface area (Å²) in [6, 6.07) is 14.9. The van der Waals surface area contributed by atoms with E-state index in [0.29, 0.717) is 0 Å². The maximum absolute atomic E-state index is 6.20. The number of benzene rings is 2. The Labute approximate surface area is 144 Å². The molecule has 0 saturated carbocycles. The first kappa shape index (κ1) is 14.0. The van der Waals surface area contributed by atoms with E-state index in [4.69, 9.17) is 11.6 Å². The fourth-order valence-corrected chi connectivity index (χ4v) is 3.94. The first-order chi connectivity index (χ1) is 11.8. The highest BCUT2D eigenvalue weighted by atomic mass is 35.5. The van der Waals surface area contributed by atoms with Gasteiger partial charge in [0.15, 0.2) is 0 Å². The van der Waals surface area contributed by atoms with E-state index < -0.39 is 0 Å². The molecule has 3 heterocycles. The Morgan fingerprint density at radius 1 is 1.04 bits per heavy atom. The largest absolute Gasteiger partial charge is 0.357 e. The number of hydrogen-bond donors (Lipinski definition) is 2. The smallest absolute Gasteiger partial charge is 0.0732 e. The predicted molar refractivity (Wildman–Crippen MR) is 98.6 cm³/mol. The Bertz CT molecular complexity index is 1070. The molecule has 4 aromatic rings. The monoisotopic (exact) mass is 333 g/mol. The van der Waals surface area contributed by atoms with E-state index in [1.165, 1.54) is 33.0 Å². The molecule has 0 aliphatic carbocycles. The maximum Gasteiger partial charge on any atom is 0.0732 e. The maximum atomic E-state index is 6.20. The summed E-state index contributed by atoms with van der Waals surface area (Å²) in [5.74, 6) is 0. The van der Waals surface area contributed by atoms with Gasteiger partial charge in [-0.05, 0) is 53.3 Å². The average Bonchev–Trinajstić information content (AvgIpc) is 2.99. The first-order valence-corrected chi connectivity index (χ1v) is 8.54. The molecule has 0 radical (unpaired) electrons. The molecule has 1 unspecified atom stereocenters. The van der Waals surface area contributed by atoms with Crippen LogP contribution in [0, 0.1) is 0 Å². The van der Waals surface area contributed by atoms with Crippen molar-refractivity contribution in [3.63, 3.8) is 0 Å². The van der Waals surface area contributed by atoms with Gasteiger partial charge in [-0.25, -0.2) is 0 Å². The second kappa shape index (κ2) is 5.33. The lowest BCUT2D eigenvalue weighted by Gasteiger charge is -2.25. The van der Waals surface area contributed by atoms with Crippen LogP contribution in [-0.4, -0.2) is 16.5 Å². The van der Waals surface area contributed by atoms with Gasteiger partial charge in [-0.15, -0.1) is 0 Å². The number of nitrogens with zero attached hydrogens (tertiary/aromatic N) is 1. The van der Waals surface area contributed by atoms with Crippen molar-refractivity contribution in [2.45, 2.75) is 12.5 Å². The second-order valence-electron chi connectivity index (χ2n) is 6.33. The van der Waals surface area contributed by atoms with Crippen molar-refractivity contribution in [1.82, 2.24) is 15.3 Å². The van der Waals surface area contributed by atoms with Crippen LogP contribution in [0.4, 0.5) is 0 Å². The molecule has 2 N–H and O–H groups in total. The van der Waals surface area contributed by atoms with Crippen LogP contribution >= 0.6 is 11.6 Å². The SMILES string of the molecule is Clc1ccc2[nH]c3c(c2c1)CCNC3c1ccc2cnccc2c1. The van der Waals surface area contributed by atoms with Crippen LogP contribution in [0.15, 0.2) is 54.9 Å². The van der Waals surface area contributed by atoms with Crippen molar-refractivity contribution in [3.05, 3.63) is 76.7 Å². The van der Waals surface area contributed by atoms with Crippen molar-refractivity contribution in [1.29, 1.82) is 0 Å². The van der Waals surface area contributed by atoms with Gasteiger partial charge in [-0.2, -0.15) is 0 Å². The topological polar surface area (TPSA) is 40.7 Å². The van der Waals surface area contributed by atoms with Crippen LogP contribution in [0.25, 0.3) is 21.7 Å². The zero-order chi connectivity index (χ0) is 16.1. The minimum Gasteiger partial charge on any atom is -0.357 e. The van der Waals surface area contributed by atoms with Crippen LogP contribution < -0.4 is 5.32 Å². The molecule has 0 saturated heterocycles. The number of pyridine rings is 1. The zero-order valence-corrected chi connectivity index (χ0v) is 13.8. The van der Waals surface area contributed by atoms with E-state index in [9.17, 15) is 0 Å². The summed E-state index contributed by atoms with van der Waals surface area (Å²) in [7, 11) is 0. The highest BCUT2D eigenvalue weighted by Gasteiger charge is 2.25. The Balaban J connectivity index is 1.69. The Morgan fingerprint density at radius 2 is 2.00 bits per heavy atom. The van der Waals surface area contributed by atoms with Gasteiger partial charge in [0.25, 0.3) is 0 Å². The molecular weight excluding hydrogens is 318 g/mol. The molecule has 4 heteroatoms. The number of halogens is 1. The molecule has 0 amide bonds. The summed E-state index contributed by atoms with van der Waals surface area (Å²) in [4.78, 5) is 7.80. The molecule has 0 spiro atoms. The van der Waals surface area contributed by atoms with Crippen molar-refractivity contribution < 1.29 is 0 Å². The van der Waals surface area contributed by atoms with Gasteiger partial charge in [0.05, 0.1) is 6.04 Å². The Kier molecular flexibility index (Phi) is 3.12. The Hall–Kier alpha value is -2.36. The van der Waals surface area contributed by atoms with Crippen LogP contribution in [0.5, 0.6) is 0 Å². The Morgan fingerprint density at radius 3 is 2.96 bits per heavy atom. The highest BCUT2D eigenvalue weighted by Crippen LogP contribution is 2.35. The summed E-state index contributed by atoms with van der Waals surface area (Å²) in [6.07, 6.45) is 4.77. The quantitative estimate of drug-likeness (QED) is 0.534. The molecule has 3 nitrogen and oxygen atoms in total. The first-order valence-electron chi connectivity index (χ1n) is 8.17. The van der Waals surface area contributed by atoms with Crippen molar-refractivity contribution in [2.24, 2.45) is 0 Å². The summed E-state index contributed by atoms with van der Waals surface area (Å²) in [5.41, 5.74) is 5.06. The molecule has 0 bridgehead atoms. The van der Waals surface area contributed by atoms with E-state index >= 15 is 0 Å². The zero-order valence-electron chi connectivity index (χ0n) is 13.0. The summed E-state index contributed by atoms with van der Waals surface area (Å²) >= 11 is 6.20. The van der Waals surface area contributed by atoms with Crippen LogP contribution in [0.1, 0.15) is 22.9 Å². The highest BCUT2D eigenvalue weighted by molar-refractivity contribution is 6.31. The average molecular weight is 334 g/mol. The molecule has 24 heavy (non-hydrogen) atoms. The number of H-pyrrole nitrogens is 1. The normalized spacial score (nSPS) is 17.3. The standard InChI is InChI=1S/C20H16ClN3/c21-15-3-4-18-17(10-15)16-6-8-23-19(20(16)24-18)13-1-2-14-11-22-7-5-12(14)9-13/h1-5,7,9-11,19,23-24H,6,8H2. The van der Waals surface area contributed by atoms with Crippen LogP contribution in [0.2, 0.25) is 5.02 Å². The summed E-state index contributed by atoms with van der Waals surface area (Å²) < 4.78 is 0. The number of fused-ring (bicyclic) bond motifs is 4. The third-order valence-corrected chi connectivity index (χ3v) is 5.15. The molecule has 0 fully saturated rings. The lowest BCUT2D eigenvalue weighted by atomic mass is 9.93. The van der Waals surface area contributed by atoms with E-state index in [-0.39, 0.29) is 6.04 Å². The molecule has 5 rings (SSSR count). The predicted octanol–water partition coefficient (Wildman–Crippen LogP) is 4.60. The van der Waals surface area contributed by atoms with E-state index in [2.05, 4.69) is 51.7 Å². The molecular formula is C20H16ClN3. The van der Waals surface area contributed by atoms with Gasteiger partial charge in [0.1, 0.15) is 0 Å². The fourth-order valence-electron chi connectivity index (χ4n) is 3.77. The number of nitrogens with one attached hydrogen (secondary N) is 2. The van der Waals surface area contributed by atoms with Crippen LogP contribution in [0.3, 0.4) is 0 Å². The minimum atomic E-state index is 0.178. The van der Waals surface area contributed by atoms with Crippen molar-refractivity contribution in [3.8, 4) is 0 Å². The molecule has 2 aromatic heterocycles. The third kappa shape index (κ3) is 2.13. The molecule has 1 aliphatic rings. The molecule has 2 aromatic carbocycles. The van der Waals surface area contributed by atoms with E-state index in [0.717, 1.165) is 23.5 Å². The number of rotatable bonds is 1. The van der Waals surface area contributed by atoms with E-state index in [1.807, 2.05) is 18.5 Å². The fraction of sp³-hybridized carbons (Fsp3) is 0.150. The van der Waals surface area contributed by atoms with Crippen molar-refractivity contribution >= 4 is 33.3 Å². The number of hydrogen-bond acceptors (Lipinski definition) is 2.